The molecule has 1 aliphatic carbocycles. The minimum absolute atomic E-state index is 0.131. The Hall–Kier alpha value is -3.91. The normalized spacial score (nSPS) is 17.1. The van der Waals surface area contributed by atoms with Gasteiger partial charge in [-0.1, -0.05) is 31.0 Å². The van der Waals surface area contributed by atoms with Crippen molar-refractivity contribution in [2.75, 3.05) is 19.5 Å². The van der Waals surface area contributed by atoms with Crippen LogP contribution in [0, 0.1) is 5.82 Å². The summed E-state index contributed by atoms with van der Waals surface area (Å²) >= 11 is 0. The predicted molar refractivity (Wildman–Crippen MR) is 140 cm³/mol. The molecule has 0 spiro atoms. The van der Waals surface area contributed by atoms with Crippen LogP contribution in [0.5, 0.6) is 11.5 Å². The summed E-state index contributed by atoms with van der Waals surface area (Å²) in [6.07, 6.45) is 3.68. The van der Waals surface area contributed by atoms with Crippen molar-refractivity contribution in [3.63, 3.8) is 0 Å². The van der Waals surface area contributed by atoms with Crippen LogP contribution in [0.4, 0.5) is 10.1 Å². The van der Waals surface area contributed by atoms with Gasteiger partial charge in [0.25, 0.3) is 11.8 Å². The number of carbonyl (C=O) groups is 2. The molecule has 1 aliphatic rings. The van der Waals surface area contributed by atoms with Crippen molar-refractivity contribution in [3.05, 3.63) is 89.2 Å². The second-order valence-electron chi connectivity index (χ2n) is 9.18. The number of ether oxygens (including phenoxy) is 2. The highest BCUT2D eigenvalue weighted by atomic mass is 19.1. The molecule has 1 saturated carbocycles. The Bertz CT molecular complexity index is 1250. The average molecular weight is 506 g/mol. The Kier molecular flexibility index (Phi) is 8.40. The topological polar surface area (TPSA) is 93.9 Å². The molecule has 0 aromatic heterocycles. The summed E-state index contributed by atoms with van der Waals surface area (Å²) in [7, 11) is 3.05. The molecule has 2 amide bonds. The maximum Gasteiger partial charge on any atom is 0.255 e. The molecule has 2 atom stereocenters. The van der Waals surface area contributed by atoms with Crippen molar-refractivity contribution in [1.29, 1.82) is 0 Å². The van der Waals surface area contributed by atoms with Crippen LogP contribution in [0.2, 0.25) is 0 Å². The van der Waals surface area contributed by atoms with Gasteiger partial charge in [-0.2, -0.15) is 0 Å². The van der Waals surface area contributed by atoms with Gasteiger partial charge < -0.3 is 25.4 Å². The molecule has 8 heteroatoms. The van der Waals surface area contributed by atoms with E-state index in [-0.39, 0.29) is 23.9 Å². The summed E-state index contributed by atoms with van der Waals surface area (Å²) < 4.78 is 24.3. The van der Waals surface area contributed by atoms with Crippen molar-refractivity contribution in [2.24, 2.45) is 5.73 Å². The third-order valence-corrected chi connectivity index (χ3v) is 6.72. The van der Waals surface area contributed by atoms with E-state index in [2.05, 4.69) is 5.32 Å². The first-order valence-corrected chi connectivity index (χ1v) is 12.3. The van der Waals surface area contributed by atoms with Crippen LogP contribution in [-0.4, -0.2) is 43.0 Å². The Morgan fingerprint density at radius 2 is 1.68 bits per heavy atom. The molecule has 0 bridgehead atoms. The molecule has 0 aliphatic heterocycles. The summed E-state index contributed by atoms with van der Waals surface area (Å²) in [4.78, 5) is 28.0. The van der Waals surface area contributed by atoms with Gasteiger partial charge in [-0.25, -0.2) is 4.39 Å². The third-order valence-electron chi connectivity index (χ3n) is 6.72. The van der Waals surface area contributed by atoms with Crippen LogP contribution in [0.1, 0.15) is 52.0 Å². The maximum absolute atomic E-state index is 13.8. The Balaban J connectivity index is 1.50. The minimum Gasteiger partial charge on any atom is -0.493 e. The number of benzene rings is 3. The molecule has 3 aromatic carbocycles. The van der Waals surface area contributed by atoms with Crippen LogP contribution in [-0.2, 0) is 6.54 Å². The lowest BCUT2D eigenvalue weighted by Crippen LogP contribution is -2.51. The van der Waals surface area contributed by atoms with Crippen LogP contribution < -0.4 is 20.5 Å². The summed E-state index contributed by atoms with van der Waals surface area (Å²) in [6.45, 7) is 0.331. The van der Waals surface area contributed by atoms with E-state index in [1.807, 2.05) is 12.1 Å². The van der Waals surface area contributed by atoms with Crippen molar-refractivity contribution < 1.29 is 23.5 Å². The van der Waals surface area contributed by atoms with Gasteiger partial charge >= 0.3 is 0 Å². The van der Waals surface area contributed by atoms with Gasteiger partial charge in [-0.3, -0.25) is 9.59 Å². The summed E-state index contributed by atoms with van der Waals surface area (Å²) in [6, 6.07) is 17.8. The molecular formula is C29H32FN3O4. The van der Waals surface area contributed by atoms with E-state index in [0.29, 0.717) is 34.9 Å². The molecule has 0 heterocycles. The van der Waals surface area contributed by atoms with Crippen LogP contribution in [0.3, 0.4) is 0 Å². The zero-order chi connectivity index (χ0) is 26.4. The van der Waals surface area contributed by atoms with Gasteiger partial charge in [-0.05, 0) is 66.9 Å². The number of hydrogen-bond donors (Lipinski definition) is 2. The first-order valence-electron chi connectivity index (χ1n) is 12.3. The molecule has 0 radical (unpaired) electrons. The largest absolute Gasteiger partial charge is 0.493 e. The summed E-state index contributed by atoms with van der Waals surface area (Å²) in [5.74, 6) is 0.0266. The van der Waals surface area contributed by atoms with Crippen molar-refractivity contribution in [1.82, 2.24) is 4.90 Å². The predicted octanol–water partition coefficient (Wildman–Crippen LogP) is 5.01. The second kappa shape index (κ2) is 11.9. The molecule has 3 N–H and O–H groups in total. The van der Waals surface area contributed by atoms with Crippen LogP contribution in [0.15, 0.2) is 66.7 Å². The Morgan fingerprint density at radius 1 is 0.946 bits per heavy atom. The van der Waals surface area contributed by atoms with Crippen LogP contribution >= 0.6 is 0 Å². The first-order chi connectivity index (χ1) is 17.9. The van der Waals surface area contributed by atoms with Gasteiger partial charge in [0.15, 0.2) is 11.5 Å². The lowest BCUT2D eigenvalue weighted by molar-refractivity contribution is 0.0583. The van der Waals surface area contributed by atoms with Gasteiger partial charge in [0.1, 0.15) is 5.82 Å². The number of hydrogen-bond acceptors (Lipinski definition) is 5. The van der Waals surface area contributed by atoms with Gasteiger partial charge in [0, 0.05) is 35.4 Å². The van der Waals surface area contributed by atoms with E-state index in [0.717, 1.165) is 31.2 Å². The molecule has 4 rings (SSSR count). The molecular weight excluding hydrogens is 473 g/mol. The first kappa shape index (κ1) is 26.2. The highest BCUT2D eigenvalue weighted by Gasteiger charge is 2.31. The monoisotopic (exact) mass is 505 g/mol. The minimum atomic E-state index is -0.451. The second-order valence-corrected chi connectivity index (χ2v) is 9.18. The van der Waals surface area contributed by atoms with E-state index in [4.69, 9.17) is 15.2 Å². The number of anilines is 1. The van der Waals surface area contributed by atoms with E-state index in [1.54, 1.807) is 41.3 Å². The molecule has 3 aromatic rings. The number of nitrogens with one attached hydrogen (secondary N) is 1. The van der Waals surface area contributed by atoms with E-state index in [9.17, 15) is 14.0 Å². The molecule has 1 fully saturated rings. The fraction of sp³-hybridized carbons (Fsp3) is 0.310. The highest BCUT2D eigenvalue weighted by Crippen LogP contribution is 2.28. The smallest absolute Gasteiger partial charge is 0.255 e. The number of nitrogens with zero attached hydrogens (tertiary/aromatic N) is 1. The number of carbonyl (C=O) groups excluding carboxylic acids is 2. The standard InChI is InChI=1S/C29H32FN3O4/c1-36-26-15-12-20(17-27(26)37-2)28(34)32-23-13-10-19(11-14-23)18-33(25-9-4-3-8-24(25)31)29(35)21-6-5-7-22(30)16-21/h5-7,10-17,24-25H,3-4,8-9,18,31H2,1-2H3,(H,32,34). The quantitative estimate of drug-likeness (QED) is 0.449. The fourth-order valence-electron chi connectivity index (χ4n) is 4.72. The molecule has 37 heavy (non-hydrogen) atoms. The molecule has 194 valence electrons. The number of halogens is 1. The van der Waals surface area contributed by atoms with E-state index in [1.165, 1.54) is 32.4 Å². The van der Waals surface area contributed by atoms with Crippen molar-refractivity contribution in [2.45, 2.75) is 44.3 Å². The number of amides is 2. The summed E-state index contributed by atoms with van der Waals surface area (Å²) in [5.41, 5.74) is 8.65. The number of rotatable bonds is 8. The summed E-state index contributed by atoms with van der Waals surface area (Å²) in [5, 5.41) is 2.88. The average Bonchev–Trinajstić information content (AvgIpc) is 2.92. The zero-order valence-corrected chi connectivity index (χ0v) is 21.1. The SMILES string of the molecule is COc1ccc(C(=O)Nc2ccc(CN(C(=O)c3cccc(F)c3)C3CCCCC3N)cc2)cc1OC. The van der Waals surface area contributed by atoms with E-state index >= 15 is 0 Å². The highest BCUT2D eigenvalue weighted by molar-refractivity contribution is 6.04. The number of methoxy groups -OCH3 is 2. The lowest BCUT2D eigenvalue weighted by atomic mass is 9.89. The fourth-order valence-corrected chi connectivity index (χ4v) is 4.72. The Morgan fingerprint density at radius 3 is 2.35 bits per heavy atom. The lowest BCUT2D eigenvalue weighted by Gasteiger charge is -2.38. The third kappa shape index (κ3) is 6.27. The maximum atomic E-state index is 13.8. The number of nitrogens with two attached hydrogens (primary N) is 1. The van der Waals surface area contributed by atoms with Crippen LogP contribution in [0.25, 0.3) is 0 Å². The van der Waals surface area contributed by atoms with Crippen molar-refractivity contribution in [3.8, 4) is 11.5 Å². The van der Waals surface area contributed by atoms with Gasteiger partial charge in [-0.15, -0.1) is 0 Å². The Labute approximate surface area is 216 Å². The van der Waals surface area contributed by atoms with E-state index < -0.39 is 5.82 Å². The van der Waals surface area contributed by atoms with Gasteiger partial charge in [0.05, 0.1) is 14.2 Å². The van der Waals surface area contributed by atoms with Gasteiger partial charge in [0.2, 0.25) is 0 Å². The molecule has 2 unspecified atom stereocenters. The van der Waals surface area contributed by atoms with Crippen molar-refractivity contribution >= 4 is 17.5 Å². The zero-order valence-electron chi connectivity index (χ0n) is 21.1. The molecule has 7 nitrogen and oxygen atoms in total. The molecule has 0 saturated heterocycles.